The molecule has 0 aromatic carbocycles. The van der Waals surface area contributed by atoms with Gasteiger partial charge < -0.3 is 9.64 Å². The Labute approximate surface area is 133 Å². The average molecular weight is 304 g/mol. The largest absolute Gasteiger partial charge is 0.444 e. The Morgan fingerprint density at radius 2 is 1.91 bits per heavy atom. The van der Waals surface area contributed by atoms with E-state index in [1.807, 2.05) is 38.1 Å². The van der Waals surface area contributed by atoms with Crippen molar-refractivity contribution >= 4 is 6.09 Å². The standard InChI is InChI=1S/C18H28N2O2/c1-18(2,3)22-17(21)20-13-9-16(10-14-20)6-4-5-15-7-11-19-12-8-15/h7-8,11-12,16H,4-6,9-10,13-14H2,1-3H3. The quantitative estimate of drug-likeness (QED) is 0.842. The molecule has 0 unspecified atom stereocenters. The van der Waals surface area contributed by atoms with Crippen molar-refractivity contribution in [2.75, 3.05) is 13.1 Å². The number of likely N-dealkylation sites (tertiary alicyclic amines) is 1. The molecule has 0 N–H and O–H groups in total. The molecule has 4 heteroatoms. The predicted molar refractivity (Wildman–Crippen MR) is 87.7 cm³/mol. The molecule has 1 aliphatic heterocycles. The number of carbonyl (C=O) groups is 1. The molecule has 1 amide bonds. The molecule has 0 spiro atoms. The summed E-state index contributed by atoms with van der Waals surface area (Å²) in [6.07, 6.45) is 9.30. The van der Waals surface area contributed by atoms with E-state index in [4.69, 9.17) is 4.74 Å². The zero-order chi connectivity index (χ0) is 16.0. The second-order valence-electron chi connectivity index (χ2n) is 7.16. The van der Waals surface area contributed by atoms with Crippen molar-refractivity contribution in [2.45, 2.75) is 58.5 Å². The highest BCUT2D eigenvalue weighted by atomic mass is 16.6. The van der Waals surface area contributed by atoms with Gasteiger partial charge in [0.05, 0.1) is 0 Å². The normalized spacial score (nSPS) is 16.6. The van der Waals surface area contributed by atoms with Crippen molar-refractivity contribution in [1.29, 1.82) is 0 Å². The monoisotopic (exact) mass is 304 g/mol. The summed E-state index contributed by atoms with van der Waals surface area (Å²) in [5, 5.41) is 0. The lowest BCUT2D eigenvalue weighted by Crippen LogP contribution is -2.41. The highest BCUT2D eigenvalue weighted by Gasteiger charge is 2.26. The summed E-state index contributed by atoms with van der Waals surface area (Å²) in [5.41, 5.74) is 0.958. The second kappa shape index (κ2) is 7.61. The smallest absolute Gasteiger partial charge is 0.410 e. The molecule has 1 saturated heterocycles. The molecule has 122 valence electrons. The van der Waals surface area contributed by atoms with E-state index in [1.54, 1.807) is 0 Å². The molecule has 22 heavy (non-hydrogen) atoms. The SMILES string of the molecule is CC(C)(C)OC(=O)N1CCC(CCCc2ccncc2)CC1. The van der Waals surface area contributed by atoms with E-state index in [0.717, 1.165) is 38.3 Å². The lowest BCUT2D eigenvalue weighted by atomic mass is 9.91. The number of nitrogens with zero attached hydrogens (tertiary/aromatic N) is 2. The summed E-state index contributed by atoms with van der Waals surface area (Å²) < 4.78 is 5.43. The summed E-state index contributed by atoms with van der Waals surface area (Å²) in [4.78, 5) is 17.9. The summed E-state index contributed by atoms with van der Waals surface area (Å²) in [5.74, 6) is 0.737. The van der Waals surface area contributed by atoms with Gasteiger partial charge in [0, 0.05) is 25.5 Å². The minimum atomic E-state index is -0.404. The number of aromatic nitrogens is 1. The summed E-state index contributed by atoms with van der Waals surface area (Å²) in [6.45, 7) is 7.40. The van der Waals surface area contributed by atoms with Crippen LogP contribution in [0.15, 0.2) is 24.5 Å². The van der Waals surface area contributed by atoms with Crippen LogP contribution in [0.4, 0.5) is 4.79 Å². The van der Waals surface area contributed by atoms with Gasteiger partial charge in [-0.1, -0.05) is 0 Å². The Morgan fingerprint density at radius 1 is 1.27 bits per heavy atom. The first-order chi connectivity index (χ1) is 10.4. The first-order valence-corrected chi connectivity index (χ1v) is 8.31. The molecular formula is C18H28N2O2. The van der Waals surface area contributed by atoms with Crippen LogP contribution in [-0.4, -0.2) is 34.7 Å². The minimum absolute atomic E-state index is 0.164. The predicted octanol–water partition coefficient (Wildman–Crippen LogP) is 4.05. The van der Waals surface area contributed by atoms with Gasteiger partial charge >= 0.3 is 6.09 Å². The van der Waals surface area contributed by atoms with Crippen molar-refractivity contribution in [3.63, 3.8) is 0 Å². The Bertz CT molecular complexity index is 460. The maximum atomic E-state index is 12.0. The number of piperidine rings is 1. The molecule has 1 aromatic rings. The van der Waals surface area contributed by atoms with E-state index in [9.17, 15) is 4.79 Å². The lowest BCUT2D eigenvalue weighted by molar-refractivity contribution is 0.0180. The van der Waals surface area contributed by atoms with Crippen LogP contribution in [0, 0.1) is 5.92 Å². The Kier molecular flexibility index (Phi) is 5.81. The number of hydrogen-bond acceptors (Lipinski definition) is 3. The summed E-state index contributed by atoms with van der Waals surface area (Å²) in [6, 6.07) is 4.18. The Hall–Kier alpha value is -1.58. The number of pyridine rings is 1. The van der Waals surface area contributed by atoms with Crippen LogP contribution in [0.5, 0.6) is 0 Å². The van der Waals surface area contributed by atoms with Gasteiger partial charge in [-0.2, -0.15) is 0 Å². The van der Waals surface area contributed by atoms with Crippen LogP contribution in [-0.2, 0) is 11.2 Å². The number of hydrogen-bond donors (Lipinski definition) is 0. The van der Waals surface area contributed by atoms with Gasteiger partial charge in [-0.3, -0.25) is 4.98 Å². The number of carbonyl (C=O) groups excluding carboxylic acids is 1. The molecule has 0 bridgehead atoms. The number of amides is 1. The topological polar surface area (TPSA) is 42.4 Å². The molecule has 1 fully saturated rings. The molecular weight excluding hydrogens is 276 g/mol. The molecule has 1 aliphatic rings. The average Bonchev–Trinajstić information content (AvgIpc) is 2.47. The third-order valence-corrected chi connectivity index (χ3v) is 4.09. The van der Waals surface area contributed by atoms with Gasteiger partial charge in [-0.15, -0.1) is 0 Å². The van der Waals surface area contributed by atoms with E-state index in [0.29, 0.717) is 0 Å². The summed E-state index contributed by atoms with van der Waals surface area (Å²) >= 11 is 0. The van der Waals surface area contributed by atoms with E-state index in [-0.39, 0.29) is 6.09 Å². The first kappa shape index (κ1) is 16.8. The molecule has 2 rings (SSSR count). The van der Waals surface area contributed by atoms with Crippen molar-refractivity contribution in [3.8, 4) is 0 Å². The number of ether oxygens (including phenoxy) is 1. The van der Waals surface area contributed by atoms with Gasteiger partial charge in [-0.25, -0.2) is 4.79 Å². The number of rotatable bonds is 4. The molecule has 0 saturated carbocycles. The molecule has 1 aromatic heterocycles. The minimum Gasteiger partial charge on any atom is -0.444 e. The maximum Gasteiger partial charge on any atom is 0.410 e. The lowest BCUT2D eigenvalue weighted by Gasteiger charge is -2.33. The van der Waals surface area contributed by atoms with Gasteiger partial charge in [0.25, 0.3) is 0 Å². The van der Waals surface area contributed by atoms with Gasteiger partial charge in [0.2, 0.25) is 0 Å². The van der Waals surface area contributed by atoms with Crippen LogP contribution < -0.4 is 0 Å². The van der Waals surface area contributed by atoms with Crippen LogP contribution in [0.3, 0.4) is 0 Å². The maximum absolute atomic E-state index is 12.0. The highest BCUT2D eigenvalue weighted by Crippen LogP contribution is 2.24. The van der Waals surface area contributed by atoms with Crippen molar-refractivity contribution in [3.05, 3.63) is 30.1 Å². The van der Waals surface area contributed by atoms with Crippen LogP contribution in [0.1, 0.15) is 52.0 Å². The van der Waals surface area contributed by atoms with E-state index < -0.39 is 5.60 Å². The zero-order valence-electron chi connectivity index (χ0n) is 14.0. The first-order valence-electron chi connectivity index (χ1n) is 8.31. The van der Waals surface area contributed by atoms with E-state index in [2.05, 4.69) is 17.1 Å². The van der Waals surface area contributed by atoms with Crippen molar-refractivity contribution in [1.82, 2.24) is 9.88 Å². The van der Waals surface area contributed by atoms with Gasteiger partial charge in [0.15, 0.2) is 0 Å². The third-order valence-electron chi connectivity index (χ3n) is 4.09. The zero-order valence-corrected chi connectivity index (χ0v) is 14.0. The second-order valence-corrected chi connectivity index (χ2v) is 7.16. The van der Waals surface area contributed by atoms with Crippen LogP contribution in [0.25, 0.3) is 0 Å². The third kappa shape index (κ3) is 5.66. The molecule has 0 radical (unpaired) electrons. The van der Waals surface area contributed by atoms with E-state index >= 15 is 0 Å². The Balaban J connectivity index is 1.66. The van der Waals surface area contributed by atoms with Crippen LogP contribution in [0.2, 0.25) is 0 Å². The van der Waals surface area contributed by atoms with Gasteiger partial charge in [-0.05, 0) is 76.5 Å². The van der Waals surface area contributed by atoms with E-state index in [1.165, 1.54) is 18.4 Å². The molecule has 0 aliphatic carbocycles. The van der Waals surface area contributed by atoms with Gasteiger partial charge in [0.1, 0.15) is 5.60 Å². The van der Waals surface area contributed by atoms with Crippen molar-refractivity contribution in [2.24, 2.45) is 5.92 Å². The molecule has 4 nitrogen and oxygen atoms in total. The fourth-order valence-electron chi connectivity index (χ4n) is 2.88. The molecule has 0 atom stereocenters. The fraction of sp³-hybridized carbons (Fsp3) is 0.667. The number of aryl methyl sites for hydroxylation is 1. The highest BCUT2D eigenvalue weighted by molar-refractivity contribution is 5.68. The molecule has 2 heterocycles. The fourth-order valence-corrected chi connectivity index (χ4v) is 2.88. The van der Waals surface area contributed by atoms with Crippen LogP contribution >= 0.6 is 0 Å². The van der Waals surface area contributed by atoms with Crippen molar-refractivity contribution < 1.29 is 9.53 Å². The summed E-state index contributed by atoms with van der Waals surface area (Å²) in [7, 11) is 0. The Morgan fingerprint density at radius 3 is 2.50 bits per heavy atom.